The maximum Gasteiger partial charge on any atom is 0.138 e. The number of nitrogens with one attached hydrogen (secondary N) is 1. The summed E-state index contributed by atoms with van der Waals surface area (Å²) in [6, 6.07) is 11.0. The van der Waals surface area contributed by atoms with E-state index in [1.54, 1.807) is 17.7 Å². The molecule has 0 saturated carbocycles. The molecule has 1 atom stereocenters. The molecule has 3 aromatic rings. The van der Waals surface area contributed by atoms with Gasteiger partial charge in [0.25, 0.3) is 0 Å². The number of aryl methyl sites for hydroxylation is 1. The zero-order valence-electron chi connectivity index (χ0n) is 11.6. The molecular weight excluding hydrogens is 266 g/mol. The SMILES string of the molecule is CCc1ccc(C(C)Nc2ncnc3sccc23)cc1. The second kappa shape index (κ2) is 5.59. The molecule has 0 radical (unpaired) electrons. The number of hydrogen-bond donors (Lipinski definition) is 1. The maximum atomic E-state index is 4.36. The lowest BCUT2D eigenvalue weighted by molar-refractivity contribution is 0.874. The van der Waals surface area contributed by atoms with Gasteiger partial charge in [-0.05, 0) is 35.9 Å². The molecule has 0 aliphatic heterocycles. The zero-order valence-corrected chi connectivity index (χ0v) is 12.4. The highest BCUT2D eigenvalue weighted by atomic mass is 32.1. The Morgan fingerprint density at radius 2 is 1.95 bits per heavy atom. The Hall–Kier alpha value is -1.94. The van der Waals surface area contributed by atoms with Gasteiger partial charge in [0, 0.05) is 6.04 Å². The van der Waals surface area contributed by atoms with Crippen LogP contribution in [0.1, 0.15) is 31.0 Å². The van der Waals surface area contributed by atoms with Crippen molar-refractivity contribution in [1.82, 2.24) is 9.97 Å². The summed E-state index contributed by atoms with van der Waals surface area (Å²) in [5.41, 5.74) is 2.63. The summed E-state index contributed by atoms with van der Waals surface area (Å²) in [6.45, 7) is 4.33. The number of anilines is 1. The van der Waals surface area contributed by atoms with Gasteiger partial charge in [0.05, 0.1) is 5.39 Å². The molecule has 0 bridgehead atoms. The fraction of sp³-hybridized carbons (Fsp3) is 0.250. The molecule has 4 heteroatoms. The van der Waals surface area contributed by atoms with Crippen molar-refractivity contribution < 1.29 is 0 Å². The normalized spacial score (nSPS) is 12.5. The predicted octanol–water partition coefficient (Wildman–Crippen LogP) is 4.43. The molecule has 1 unspecified atom stereocenters. The van der Waals surface area contributed by atoms with Crippen LogP contribution in [0.25, 0.3) is 10.2 Å². The molecule has 0 saturated heterocycles. The van der Waals surface area contributed by atoms with E-state index in [9.17, 15) is 0 Å². The van der Waals surface area contributed by atoms with Gasteiger partial charge in [-0.3, -0.25) is 0 Å². The van der Waals surface area contributed by atoms with Gasteiger partial charge in [-0.2, -0.15) is 0 Å². The zero-order chi connectivity index (χ0) is 13.9. The van der Waals surface area contributed by atoms with Crippen LogP contribution in [-0.2, 0) is 6.42 Å². The average Bonchev–Trinajstić information content (AvgIpc) is 2.97. The quantitative estimate of drug-likeness (QED) is 0.770. The fourth-order valence-electron chi connectivity index (χ4n) is 2.24. The van der Waals surface area contributed by atoms with Crippen molar-refractivity contribution in [3.05, 3.63) is 53.2 Å². The van der Waals surface area contributed by atoms with Crippen LogP contribution >= 0.6 is 11.3 Å². The largest absolute Gasteiger partial charge is 0.363 e. The third kappa shape index (κ3) is 2.51. The van der Waals surface area contributed by atoms with Gasteiger partial charge in [0.15, 0.2) is 0 Å². The van der Waals surface area contributed by atoms with Crippen molar-refractivity contribution in [2.45, 2.75) is 26.3 Å². The summed E-state index contributed by atoms with van der Waals surface area (Å²) in [5, 5.41) is 6.62. The molecule has 102 valence electrons. The van der Waals surface area contributed by atoms with Crippen molar-refractivity contribution in [3.8, 4) is 0 Å². The standard InChI is InChI=1S/C16H17N3S/c1-3-12-4-6-13(7-5-12)11(2)19-15-14-8-9-20-16(14)18-10-17-15/h4-11H,3H2,1-2H3,(H,17,18,19). The molecule has 1 aromatic carbocycles. The highest BCUT2D eigenvalue weighted by molar-refractivity contribution is 7.16. The highest BCUT2D eigenvalue weighted by Gasteiger charge is 2.09. The molecule has 0 aliphatic rings. The third-order valence-corrected chi connectivity index (χ3v) is 4.32. The van der Waals surface area contributed by atoms with Crippen molar-refractivity contribution in [3.63, 3.8) is 0 Å². The van der Waals surface area contributed by atoms with Gasteiger partial charge in [-0.1, -0.05) is 31.2 Å². The number of rotatable bonds is 4. The molecular formula is C16H17N3S. The molecule has 0 amide bonds. The maximum absolute atomic E-state index is 4.36. The summed E-state index contributed by atoms with van der Waals surface area (Å²) < 4.78 is 0. The van der Waals surface area contributed by atoms with E-state index in [-0.39, 0.29) is 6.04 Å². The van der Waals surface area contributed by atoms with Gasteiger partial charge >= 0.3 is 0 Å². The van der Waals surface area contributed by atoms with Gasteiger partial charge in [-0.25, -0.2) is 9.97 Å². The van der Waals surface area contributed by atoms with E-state index in [2.05, 4.69) is 59.5 Å². The summed E-state index contributed by atoms with van der Waals surface area (Å²) >= 11 is 1.64. The molecule has 0 fully saturated rings. The lowest BCUT2D eigenvalue weighted by Crippen LogP contribution is -2.08. The highest BCUT2D eigenvalue weighted by Crippen LogP contribution is 2.27. The van der Waals surface area contributed by atoms with Crippen molar-refractivity contribution in [2.24, 2.45) is 0 Å². The number of aromatic nitrogens is 2. The Morgan fingerprint density at radius 1 is 1.15 bits per heavy atom. The van der Waals surface area contributed by atoms with Crippen LogP contribution in [0.2, 0.25) is 0 Å². The van der Waals surface area contributed by atoms with Crippen LogP contribution in [-0.4, -0.2) is 9.97 Å². The second-order valence-electron chi connectivity index (χ2n) is 4.82. The van der Waals surface area contributed by atoms with E-state index in [4.69, 9.17) is 0 Å². The van der Waals surface area contributed by atoms with Crippen LogP contribution in [0.15, 0.2) is 42.0 Å². The predicted molar refractivity (Wildman–Crippen MR) is 85.3 cm³/mol. The summed E-state index contributed by atoms with van der Waals surface area (Å²) in [5.74, 6) is 0.906. The summed E-state index contributed by atoms with van der Waals surface area (Å²) in [4.78, 5) is 9.66. The number of hydrogen-bond acceptors (Lipinski definition) is 4. The minimum absolute atomic E-state index is 0.221. The van der Waals surface area contributed by atoms with Crippen LogP contribution < -0.4 is 5.32 Å². The number of nitrogens with zero attached hydrogens (tertiary/aromatic N) is 2. The Kier molecular flexibility index (Phi) is 3.65. The summed E-state index contributed by atoms with van der Waals surface area (Å²) in [7, 11) is 0. The van der Waals surface area contributed by atoms with Crippen LogP contribution in [0.3, 0.4) is 0 Å². The van der Waals surface area contributed by atoms with E-state index in [1.807, 2.05) is 5.38 Å². The Morgan fingerprint density at radius 3 is 2.70 bits per heavy atom. The minimum Gasteiger partial charge on any atom is -0.363 e. The molecule has 1 N–H and O–H groups in total. The Labute approximate surface area is 122 Å². The van der Waals surface area contributed by atoms with Gasteiger partial charge in [0.1, 0.15) is 17.0 Å². The van der Waals surface area contributed by atoms with Crippen molar-refractivity contribution in [1.29, 1.82) is 0 Å². The first-order chi connectivity index (χ1) is 9.78. The smallest absolute Gasteiger partial charge is 0.138 e. The molecule has 2 aromatic heterocycles. The monoisotopic (exact) mass is 283 g/mol. The van der Waals surface area contributed by atoms with Gasteiger partial charge in [-0.15, -0.1) is 11.3 Å². The van der Waals surface area contributed by atoms with Crippen LogP contribution in [0, 0.1) is 0 Å². The molecule has 0 spiro atoms. The van der Waals surface area contributed by atoms with E-state index in [1.165, 1.54) is 11.1 Å². The fourth-order valence-corrected chi connectivity index (χ4v) is 2.97. The first-order valence-corrected chi connectivity index (χ1v) is 7.69. The average molecular weight is 283 g/mol. The first kappa shape index (κ1) is 13.1. The lowest BCUT2D eigenvalue weighted by Gasteiger charge is -2.15. The van der Waals surface area contributed by atoms with E-state index >= 15 is 0 Å². The number of thiophene rings is 1. The van der Waals surface area contributed by atoms with Gasteiger partial charge < -0.3 is 5.32 Å². The van der Waals surface area contributed by atoms with E-state index in [0.717, 1.165) is 22.5 Å². The molecule has 3 nitrogen and oxygen atoms in total. The minimum atomic E-state index is 0.221. The lowest BCUT2D eigenvalue weighted by atomic mass is 10.0. The third-order valence-electron chi connectivity index (χ3n) is 3.50. The van der Waals surface area contributed by atoms with E-state index in [0.29, 0.717) is 0 Å². The van der Waals surface area contributed by atoms with Crippen LogP contribution in [0.4, 0.5) is 5.82 Å². The molecule has 0 aliphatic carbocycles. The number of fused-ring (bicyclic) bond motifs is 1. The van der Waals surface area contributed by atoms with Gasteiger partial charge in [0.2, 0.25) is 0 Å². The van der Waals surface area contributed by atoms with Crippen LogP contribution in [0.5, 0.6) is 0 Å². The first-order valence-electron chi connectivity index (χ1n) is 6.81. The topological polar surface area (TPSA) is 37.8 Å². The second-order valence-corrected chi connectivity index (χ2v) is 5.72. The van der Waals surface area contributed by atoms with E-state index < -0.39 is 0 Å². The number of benzene rings is 1. The van der Waals surface area contributed by atoms with Crippen molar-refractivity contribution in [2.75, 3.05) is 5.32 Å². The molecule has 2 heterocycles. The molecule has 3 rings (SSSR count). The molecule has 20 heavy (non-hydrogen) atoms. The van der Waals surface area contributed by atoms with Crippen molar-refractivity contribution >= 4 is 27.4 Å². The Balaban J connectivity index is 1.84. The summed E-state index contributed by atoms with van der Waals surface area (Å²) in [6.07, 6.45) is 2.69. The Bertz CT molecular complexity index is 703.